The van der Waals surface area contributed by atoms with Gasteiger partial charge >= 0.3 is 0 Å². The van der Waals surface area contributed by atoms with Crippen molar-refractivity contribution in [1.29, 1.82) is 0 Å². The Morgan fingerprint density at radius 2 is 1.86 bits per heavy atom. The number of hydrogen-bond acceptors (Lipinski definition) is 6. The monoisotopic (exact) mass is 283 g/mol. The normalized spacial score (nSPS) is 10.3. The summed E-state index contributed by atoms with van der Waals surface area (Å²) in [4.78, 5) is 8.40. The molecule has 6 heteroatoms. The Bertz CT molecular complexity index is 696. The molecule has 3 rings (SSSR count). The minimum absolute atomic E-state index is 0.201. The molecule has 2 heterocycles. The maximum Gasteiger partial charge on any atom is 0.264 e. The smallest absolute Gasteiger partial charge is 0.264 e. The molecule has 1 aromatic carbocycles. The molecule has 3 aromatic rings. The van der Waals surface area contributed by atoms with Crippen LogP contribution in [0.3, 0.4) is 0 Å². The van der Waals surface area contributed by atoms with Gasteiger partial charge in [0.1, 0.15) is 17.2 Å². The van der Waals surface area contributed by atoms with Crippen molar-refractivity contribution in [3.63, 3.8) is 0 Å². The standard InChI is InChI=1S/C15H13N3O3/c1-19-11-5-7-12(8-6-11)20-10-14-17-15(18-21-14)13-4-2-3-9-16-13/h2-9H,10H2,1H3. The van der Waals surface area contributed by atoms with E-state index in [0.29, 0.717) is 23.2 Å². The number of methoxy groups -OCH3 is 1. The highest BCUT2D eigenvalue weighted by molar-refractivity contribution is 5.47. The lowest BCUT2D eigenvalue weighted by Gasteiger charge is -2.04. The van der Waals surface area contributed by atoms with Gasteiger partial charge < -0.3 is 14.0 Å². The summed E-state index contributed by atoms with van der Waals surface area (Å²) in [5, 5.41) is 3.88. The van der Waals surface area contributed by atoms with E-state index in [4.69, 9.17) is 14.0 Å². The van der Waals surface area contributed by atoms with Crippen molar-refractivity contribution in [3.8, 4) is 23.0 Å². The van der Waals surface area contributed by atoms with Gasteiger partial charge in [-0.1, -0.05) is 11.2 Å². The molecule has 0 saturated carbocycles. The van der Waals surface area contributed by atoms with E-state index in [-0.39, 0.29) is 6.61 Å². The predicted octanol–water partition coefficient (Wildman–Crippen LogP) is 2.72. The van der Waals surface area contributed by atoms with Crippen LogP contribution < -0.4 is 9.47 Å². The Hall–Kier alpha value is -2.89. The fourth-order valence-electron chi connectivity index (χ4n) is 1.73. The fraction of sp³-hybridized carbons (Fsp3) is 0.133. The van der Waals surface area contributed by atoms with Gasteiger partial charge in [-0.3, -0.25) is 4.98 Å². The van der Waals surface area contributed by atoms with Crippen molar-refractivity contribution in [2.24, 2.45) is 0 Å². The van der Waals surface area contributed by atoms with Crippen LogP contribution in [0.2, 0.25) is 0 Å². The van der Waals surface area contributed by atoms with E-state index in [2.05, 4.69) is 15.1 Å². The molecule has 0 N–H and O–H groups in total. The Balaban J connectivity index is 1.64. The summed E-state index contributed by atoms with van der Waals surface area (Å²) < 4.78 is 15.8. The van der Waals surface area contributed by atoms with Gasteiger partial charge in [-0.15, -0.1) is 0 Å². The third kappa shape index (κ3) is 3.17. The maximum atomic E-state index is 5.57. The summed E-state index contributed by atoms with van der Waals surface area (Å²) in [7, 11) is 1.62. The molecule has 0 saturated heterocycles. The predicted molar refractivity (Wildman–Crippen MR) is 74.9 cm³/mol. The van der Waals surface area contributed by atoms with Crippen LogP contribution >= 0.6 is 0 Å². The minimum atomic E-state index is 0.201. The quantitative estimate of drug-likeness (QED) is 0.717. The highest BCUT2D eigenvalue weighted by Gasteiger charge is 2.09. The van der Waals surface area contributed by atoms with Crippen LogP contribution in [0, 0.1) is 0 Å². The van der Waals surface area contributed by atoms with Crippen LogP contribution in [0.4, 0.5) is 0 Å². The van der Waals surface area contributed by atoms with Crippen LogP contribution in [0.25, 0.3) is 11.5 Å². The topological polar surface area (TPSA) is 70.3 Å². The third-order valence-electron chi connectivity index (χ3n) is 2.78. The van der Waals surface area contributed by atoms with Crippen molar-refractivity contribution < 1.29 is 14.0 Å². The van der Waals surface area contributed by atoms with Gasteiger partial charge in [0.25, 0.3) is 5.89 Å². The summed E-state index contributed by atoms with van der Waals surface area (Å²) >= 11 is 0. The molecule has 0 unspecified atom stereocenters. The highest BCUT2D eigenvalue weighted by Crippen LogP contribution is 2.18. The van der Waals surface area contributed by atoms with Crippen molar-refractivity contribution >= 4 is 0 Å². The maximum absolute atomic E-state index is 5.57. The van der Waals surface area contributed by atoms with Crippen molar-refractivity contribution in [3.05, 3.63) is 54.6 Å². The van der Waals surface area contributed by atoms with Gasteiger partial charge in [0.15, 0.2) is 6.61 Å². The van der Waals surface area contributed by atoms with Gasteiger partial charge in [0, 0.05) is 6.20 Å². The van der Waals surface area contributed by atoms with E-state index in [1.54, 1.807) is 13.3 Å². The molecule has 2 aromatic heterocycles. The number of hydrogen-bond donors (Lipinski definition) is 0. The summed E-state index contributed by atoms with van der Waals surface area (Å²) in [6, 6.07) is 12.8. The molecule has 0 aliphatic heterocycles. The van der Waals surface area contributed by atoms with Crippen molar-refractivity contribution in [2.45, 2.75) is 6.61 Å². The van der Waals surface area contributed by atoms with E-state index in [0.717, 1.165) is 5.75 Å². The van der Waals surface area contributed by atoms with E-state index >= 15 is 0 Å². The molecule has 0 radical (unpaired) electrons. The van der Waals surface area contributed by atoms with E-state index in [9.17, 15) is 0 Å². The number of nitrogens with zero attached hydrogens (tertiary/aromatic N) is 3. The Morgan fingerprint density at radius 1 is 1.05 bits per heavy atom. The first kappa shape index (κ1) is 13.1. The van der Waals surface area contributed by atoms with Gasteiger partial charge in [-0.25, -0.2) is 0 Å². The van der Waals surface area contributed by atoms with Gasteiger partial charge in [0.05, 0.1) is 7.11 Å². The van der Waals surface area contributed by atoms with Crippen LogP contribution in [0.15, 0.2) is 53.2 Å². The van der Waals surface area contributed by atoms with Gasteiger partial charge in [-0.2, -0.15) is 4.98 Å². The van der Waals surface area contributed by atoms with Crippen LogP contribution in [-0.2, 0) is 6.61 Å². The lowest BCUT2D eigenvalue weighted by molar-refractivity contribution is 0.242. The molecule has 6 nitrogen and oxygen atoms in total. The zero-order valence-corrected chi connectivity index (χ0v) is 11.4. The lowest BCUT2D eigenvalue weighted by atomic mass is 10.3. The zero-order chi connectivity index (χ0) is 14.5. The Labute approximate surface area is 121 Å². The number of pyridine rings is 1. The zero-order valence-electron chi connectivity index (χ0n) is 11.4. The summed E-state index contributed by atoms with van der Waals surface area (Å²) in [6.07, 6.45) is 1.68. The average molecular weight is 283 g/mol. The second-order valence-corrected chi connectivity index (χ2v) is 4.19. The lowest BCUT2D eigenvalue weighted by Crippen LogP contribution is -1.96. The minimum Gasteiger partial charge on any atom is -0.497 e. The highest BCUT2D eigenvalue weighted by atomic mass is 16.5. The largest absolute Gasteiger partial charge is 0.497 e. The van der Waals surface area contributed by atoms with Crippen LogP contribution in [-0.4, -0.2) is 22.2 Å². The first-order valence-corrected chi connectivity index (χ1v) is 6.36. The first-order chi connectivity index (χ1) is 10.3. The van der Waals surface area contributed by atoms with E-state index in [1.807, 2.05) is 42.5 Å². The van der Waals surface area contributed by atoms with Crippen molar-refractivity contribution in [2.75, 3.05) is 7.11 Å². The summed E-state index contributed by atoms with van der Waals surface area (Å²) in [5.74, 6) is 2.32. The molecule has 0 atom stereocenters. The molecule has 0 aliphatic rings. The summed E-state index contributed by atoms with van der Waals surface area (Å²) in [5.41, 5.74) is 0.664. The molecular formula is C15H13N3O3. The van der Waals surface area contributed by atoms with Crippen LogP contribution in [0.1, 0.15) is 5.89 Å². The molecule has 106 valence electrons. The first-order valence-electron chi connectivity index (χ1n) is 6.36. The molecule has 0 bridgehead atoms. The van der Waals surface area contributed by atoms with Crippen molar-refractivity contribution in [1.82, 2.24) is 15.1 Å². The Kier molecular flexibility index (Phi) is 3.77. The van der Waals surface area contributed by atoms with Gasteiger partial charge in [-0.05, 0) is 36.4 Å². The molecule has 21 heavy (non-hydrogen) atoms. The number of ether oxygens (including phenoxy) is 2. The average Bonchev–Trinajstić information content (AvgIpc) is 3.03. The second-order valence-electron chi connectivity index (χ2n) is 4.19. The number of rotatable bonds is 5. The Morgan fingerprint density at radius 3 is 2.57 bits per heavy atom. The van der Waals surface area contributed by atoms with E-state index in [1.165, 1.54) is 0 Å². The second kappa shape index (κ2) is 6.04. The molecule has 0 spiro atoms. The molecule has 0 amide bonds. The summed E-state index contributed by atoms with van der Waals surface area (Å²) in [6.45, 7) is 0.201. The van der Waals surface area contributed by atoms with E-state index < -0.39 is 0 Å². The molecule has 0 aliphatic carbocycles. The molecule has 0 fully saturated rings. The SMILES string of the molecule is COc1ccc(OCc2nc(-c3ccccn3)no2)cc1. The number of benzene rings is 1. The van der Waals surface area contributed by atoms with Crippen LogP contribution in [0.5, 0.6) is 11.5 Å². The van der Waals surface area contributed by atoms with Gasteiger partial charge in [0.2, 0.25) is 5.82 Å². The third-order valence-corrected chi connectivity index (χ3v) is 2.78. The molecular weight excluding hydrogens is 270 g/mol. The number of aromatic nitrogens is 3. The fourth-order valence-corrected chi connectivity index (χ4v) is 1.73.